The summed E-state index contributed by atoms with van der Waals surface area (Å²) in [5.41, 5.74) is 1.75. The molecule has 1 amide bonds. The van der Waals surface area contributed by atoms with Crippen molar-refractivity contribution in [1.82, 2.24) is 9.55 Å². The molecule has 5 nitrogen and oxygen atoms in total. The molecule has 1 fully saturated rings. The van der Waals surface area contributed by atoms with Gasteiger partial charge in [-0.1, -0.05) is 23.5 Å². The highest BCUT2D eigenvalue weighted by atomic mass is 32.1. The number of carbonyl (C=O) groups excluding carboxylic acids is 1. The van der Waals surface area contributed by atoms with Gasteiger partial charge in [-0.15, -0.1) is 11.3 Å². The number of fused-ring (bicyclic) bond motifs is 1. The highest BCUT2D eigenvalue weighted by Gasteiger charge is 2.33. The van der Waals surface area contributed by atoms with E-state index in [1.807, 2.05) is 29.6 Å². The van der Waals surface area contributed by atoms with Crippen molar-refractivity contribution >= 4 is 43.9 Å². The summed E-state index contributed by atoms with van der Waals surface area (Å²) in [5, 5.41) is 2.68. The zero-order chi connectivity index (χ0) is 16.0. The van der Waals surface area contributed by atoms with Gasteiger partial charge in [-0.25, -0.2) is 4.98 Å². The van der Waals surface area contributed by atoms with E-state index in [1.165, 1.54) is 22.7 Å². The Morgan fingerprint density at radius 3 is 2.91 bits per heavy atom. The fourth-order valence-corrected chi connectivity index (χ4v) is 4.51. The molecule has 7 heteroatoms. The Morgan fingerprint density at radius 2 is 2.17 bits per heavy atom. The Labute approximate surface area is 140 Å². The van der Waals surface area contributed by atoms with Gasteiger partial charge in [0.15, 0.2) is 5.13 Å². The van der Waals surface area contributed by atoms with Crippen LogP contribution in [0.25, 0.3) is 10.2 Å². The number of carbonyl (C=O) groups is 1. The third-order valence-electron chi connectivity index (χ3n) is 3.89. The molecular formula is C16H15N3O2S2. The Balaban J connectivity index is 1.66. The van der Waals surface area contributed by atoms with Crippen molar-refractivity contribution in [3.63, 3.8) is 0 Å². The number of benzene rings is 1. The summed E-state index contributed by atoms with van der Waals surface area (Å²) in [7, 11) is 0. The monoisotopic (exact) mass is 345 g/mol. The number of hydrogen-bond donors (Lipinski definition) is 0. The molecule has 0 N–H and O–H groups in total. The normalized spacial score (nSPS) is 14.3. The highest BCUT2D eigenvalue weighted by molar-refractivity contribution is 7.16. The van der Waals surface area contributed by atoms with E-state index in [0.717, 1.165) is 33.9 Å². The highest BCUT2D eigenvalue weighted by Crippen LogP contribution is 2.33. The van der Waals surface area contributed by atoms with Crippen LogP contribution in [0, 0.1) is 0 Å². The number of anilines is 1. The first-order valence-corrected chi connectivity index (χ1v) is 9.15. The first-order chi connectivity index (χ1) is 11.1. The summed E-state index contributed by atoms with van der Waals surface area (Å²) in [6.07, 6.45) is 2.09. The standard InChI is InChI=1S/C16H15N3O2S2/c1-10(20)19(12-6-7-12)15-17-11(9-22-15)8-18-13-4-2-3-5-14(13)23-16(18)21/h2-5,9,12H,6-8H2,1H3. The van der Waals surface area contributed by atoms with Gasteiger partial charge in [0.1, 0.15) is 0 Å². The lowest BCUT2D eigenvalue weighted by molar-refractivity contribution is -0.116. The van der Waals surface area contributed by atoms with Crippen molar-refractivity contribution in [3.8, 4) is 0 Å². The molecule has 1 aromatic carbocycles. The summed E-state index contributed by atoms with van der Waals surface area (Å²) >= 11 is 2.72. The SMILES string of the molecule is CC(=O)N(c1nc(Cn2c(=O)sc3ccccc32)cs1)C1CC1. The van der Waals surface area contributed by atoms with Gasteiger partial charge in [-0.3, -0.25) is 19.1 Å². The van der Waals surface area contributed by atoms with Crippen molar-refractivity contribution in [2.45, 2.75) is 32.4 Å². The molecule has 0 radical (unpaired) electrons. The van der Waals surface area contributed by atoms with Crippen LogP contribution in [0.1, 0.15) is 25.5 Å². The van der Waals surface area contributed by atoms with Gasteiger partial charge in [0.2, 0.25) is 5.91 Å². The minimum absolute atomic E-state index is 0.0198. The van der Waals surface area contributed by atoms with Crippen LogP contribution >= 0.6 is 22.7 Å². The molecular weight excluding hydrogens is 330 g/mol. The lowest BCUT2D eigenvalue weighted by Crippen LogP contribution is -2.30. The number of nitrogens with zero attached hydrogens (tertiary/aromatic N) is 3. The first kappa shape index (κ1) is 14.6. The maximum Gasteiger partial charge on any atom is 0.308 e. The van der Waals surface area contributed by atoms with Gasteiger partial charge in [0.05, 0.1) is 22.5 Å². The van der Waals surface area contributed by atoms with Crippen LogP contribution in [0.4, 0.5) is 5.13 Å². The van der Waals surface area contributed by atoms with E-state index in [9.17, 15) is 9.59 Å². The van der Waals surface area contributed by atoms with Gasteiger partial charge in [-0.05, 0) is 25.0 Å². The van der Waals surface area contributed by atoms with Crippen LogP contribution in [0.5, 0.6) is 0 Å². The molecule has 0 spiro atoms. The molecule has 4 rings (SSSR count). The van der Waals surface area contributed by atoms with E-state index in [2.05, 4.69) is 4.98 Å². The maximum absolute atomic E-state index is 12.2. The molecule has 0 unspecified atom stereocenters. The van der Waals surface area contributed by atoms with Crippen molar-refractivity contribution in [2.24, 2.45) is 0 Å². The minimum atomic E-state index is 0.0198. The maximum atomic E-state index is 12.2. The van der Waals surface area contributed by atoms with Crippen molar-refractivity contribution in [2.75, 3.05) is 4.90 Å². The van der Waals surface area contributed by atoms with Crippen LogP contribution in [0.2, 0.25) is 0 Å². The predicted octanol–water partition coefficient (Wildman–Crippen LogP) is 3.08. The van der Waals surface area contributed by atoms with Crippen LogP contribution in [-0.4, -0.2) is 21.5 Å². The number of rotatable bonds is 4. The van der Waals surface area contributed by atoms with E-state index in [4.69, 9.17) is 0 Å². The third kappa shape index (κ3) is 2.70. The molecule has 0 aliphatic heterocycles. The second-order valence-electron chi connectivity index (χ2n) is 5.66. The van der Waals surface area contributed by atoms with E-state index in [0.29, 0.717) is 12.6 Å². The van der Waals surface area contributed by atoms with E-state index >= 15 is 0 Å². The Bertz CT molecular complexity index is 936. The van der Waals surface area contributed by atoms with Gasteiger partial charge < -0.3 is 0 Å². The third-order valence-corrected chi connectivity index (χ3v) is 5.74. The molecule has 3 aromatic rings. The quantitative estimate of drug-likeness (QED) is 0.730. The lowest BCUT2D eigenvalue weighted by atomic mass is 10.3. The summed E-state index contributed by atoms with van der Waals surface area (Å²) in [6.45, 7) is 2.02. The van der Waals surface area contributed by atoms with E-state index in [-0.39, 0.29) is 10.8 Å². The van der Waals surface area contributed by atoms with E-state index < -0.39 is 0 Å². The van der Waals surface area contributed by atoms with Gasteiger partial charge >= 0.3 is 4.87 Å². The van der Waals surface area contributed by atoms with Crippen LogP contribution < -0.4 is 9.77 Å². The van der Waals surface area contributed by atoms with Gasteiger partial charge in [0.25, 0.3) is 0 Å². The summed E-state index contributed by atoms with van der Waals surface area (Å²) in [5.74, 6) is 0.0338. The second kappa shape index (κ2) is 5.58. The number of amides is 1. The van der Waals surface area contributed by atoms with Gasteiger partial charge in [0, 0.05) is 18.3 Å². The fourth-order valence-electron chi connectivity index (χ4n) is 2.69. The molecule has 2 heterocycles. The average Bonchev–Trinajstić information content (AvgIpc) is 3.15. The molecule has 1 aliphatic carbocycles. The molecule has 1 saturated carbocycles. The van der Waals surface area contributed by atoms with Gasteiger partial charge in [-0.2, -0.15) is 0 Å². The smallest absolute Gasteiger partial charge is 0.293 e. The Kier molecular flexibility index (Phi) is 3.54. The van der Waals surface area contributed by atoms with Crippen LogP contribution in [0.3, 0.4) is 0 Å². The topological polar surface area (TPSA) is 55.2 Å². The summed E-state index contributed by atoms with van der Waals surface area (Å²) < 4.78 is 2.73. The fraction of sp³-hybridized carbons (Fsp3) is 0.312. The largest absolute Gasteiger partial charge is 0.308 e. The van der Waals surface area contributed by atoms with Crippen molar-refractivity contribution in [1.29, 1.82) is 0 Å². The number of thiazole rings is 2. The predicted molar refractivity (Wildman–Crippen MR) is 93.5 cm³/mol. The molecule has 1 aliphatic rings. The molecule has 118 valence electrons. The molecule has 2 aromatic heterocycles. The first-order valence-electron chi connectivity index (χ1n) is 7.46. The summed E-state index contributed by atoms with van der Waals surface area (Å²) in [4.78, 5) is 30.4. The Morgan fingerprint density at radius 1 is 1.39 bits per heavy atom. The van der Waals surface area contributed by atoms with Crippen LogP contribution in [0.15, 0.2) is 34.4 Å². The molecule has 0 saturated heterocycles. The number of hydrogen-bond acceptors (Lipinski definition) is 5. The van der Waals surface area contributed by atoms with Crippen LogP contribution in [-0.2, 0) is 11.3 Å². The zero-order valence-corrected chi connectivity index (χ0v) is 14.2. The summed E-state index contributed by atoms with van der Waals surface area (Å²) in [6, 6.07) is 8.07. The van der Waals surface area contributed by atoms with Crippen molar-refractivity contribution in [3.05, 3.63) is 45.0 Å². The average molecular weight is 345 g/mol. The molecule has 23 heavy (non-hydrogen) atoms. The minimum Gasteiger partial charge on any atom is -0.293 e. The molecule has 0 bridgehead atoms. The second-order valence-corrected chi connectivity index (χ2v) is 7.49. The van der Waals surface area contributed by atoms with E-state index in [1.54, 1.807) is 16.4 Å². The Hall–Kier alpha value is -1.99. The number of para-hydroxylation sites is 1. The lowest BCUT2D eigenvalue weighted by Gasteiger charge is -2.16. The van der Waals surface area contributed by atoms with Crippen molar-refractivity contribution < 1.29 is 4.79 Å². The number of aromatic nitrogens is 2. The zero-order valence-electron chi connectivity index (χ0n) is 12.6. The molecule has 0 atom stereocenters.